The van der Waals surface area contributed by atoms with Crippen LogP contribution in [0, 0.1) is 0 Å². The number of methoxy groups -OCH3 is 1. The molecule has 150 valence electrons. The van der Waals surface area contributed by atoms with Crippen molar-refractivity contribution in [2.24, 2.45) is 0 Å². The van der Waals surface area contributed by atoms with Crippen molar-refractivity contribution in [1.82, 2.24) is 4.31 Å². The van der Waals surface area contributed by atoms with Crippen LogP contribution in [0.5, 0.6) is 0 Å². The van der Waals surface area contributed by atoms with Crippen LogP contribution in [-0.2, 0) is 14.8 Å². The van der Waals surface area contributed by atoms with Gasteiger partial charge in [-0.1, -0.05) is 6.42 Å². The summed E-state index contributed by atoms with van der Waals surface area (Å²) in [5.74, 6) is -0.957. The fourth-order valence-corrected chi connectivity index (χ4v) is 5.66. The number of nitrogens with zero attached hydrogens (tertiary/aromatic N) is 1. The van der Waals surface area contributed by atoms with Gasteiger partial charge in [0, 0.05) is 18.2 Å². The lowest BCUT2D eigenvalue weighted by molar-refractivity contribution is 0.0607. The van der Waals surface area contributed by atoms with Crippen molar-refractivity contribution in [2.75, 3.05) is 19.0 Å². The number of carbonyl (C=O) groups excluding carboxylic acids is 2. The summed E-state index contributed by atoms with van der Waals surface area (Å²) in [4.78, 5) is 24.7. The molecule has 0 bridgehead atoms. The molecule has 2 aromatic rings. The standard InChI is InChI=1S/C19H22N2O5S2/c1-13-5-3-4-11-21(13)28(24,25)15-8-6-14(7-9-15)18(22)20-16-10-12-27-17(16)19(23)26-2/h6-10,12-13H,3-5,11H2,1-2H3,(H,20,22). The summed E-state index contributed by atoms with van der Waals surface area (Å²) in [5, 5.41) is 4.34. The average molecular weight is 423 g/mol. The van der Waals surface area contributed by atoms with E-state index in [9.17, 15) is 18.0 Å². The Morgan fingerprint density at radius 2 is 1.89 bits per heavy atom. The van der Waals surface area contributed by atoms with Gasteiger partial charge in [-0.05, 0) is 55.5 Å². The van der Waals surface area contributed by atoms with Gasteiger partial charge in [-0.25, -0.2) is 13.2 Å². The van der Waals surface area contributed by atoms with Gasteiger partial charge in [0.05, 0.1) is 17.7 Å². The molecule has 9 heteroatoms. The molecule has 0 aliphatic carbocycles. The Hall–Kier alpha value is -2.23. The first-order chi connectivity index (χ1) is 13.3. The average Bonchev–Trinajstić information content (AvgIpc) is 3.15. The molecule has 1 fully saturated rings. The molecule has 1 aromatic carbocycles. The molecular weight excluding hydrogens is 400 g/mol. The predicted octanol–water partition coefficient (Wildman–Crippen LogP) is 3.35. The summed E-state index contributed by atoms with van der Waals surface area (Å²) in [6.45, 7) is 2.43. The molecule has 1 aliphatic heterocycles. The highest BCUT2D eigenvalue weighted by Gasteiger charge is 2.31. The van der Waals surface area contributed by atoms with E-state index < -0.39 is 21.9 Å². The molecule has 1 N–H and O–H groups in total. The van der Waals surface area contributed by atoms with Crippen LogP contribution in [0.3, 0.4) is 0 Å². The topological polar surface area (TPSA) is 92.8 Å². The third-order valence-electron chi connectivity index (χ3n) is 4.75. The molecule has 1 saturated heterocycles. The van der Waals surface area contributed by atoms with E-state index in [2.05, 4.69) is 5.32 Å². The zero-order valence-electron chi connectivity index (χ0n) is 15.7. The van der Waals surface area contributed by atoms with Crippen LogP contribution in [-0.4, -0.2) is 44.3 Å². The second-order valence-corrected chi connectivity index (χ2v) is 9.40. The van der Waals surface area contributed by atoms with Gasteiger partial charge in [0.15, 0.2) is 0 Å². The summed E-state index contributed by atoms with van der Waals surface area (Å²) < 4.78 is 31.9. The number of carbonyl (C=O) groups is 2. The van der Waals surface area contributed by atoms with E-state index in [1.807, 2.05) is 6.92 Å². The minimum absolute atomic E-state index is 0.0305. The van der Waals surface area contributed by atoms with Crippen LogP contribution < -0.4 is 5.32 Å². The van der Waals surface area contributed by atoms with Gasteiger partial charge in [0.2, 0.25) is 10.0 Å². The number of amides is 1. The molecule has 1 amide bonds. The van der Waals surface area contributed by atoms with Crippen LogP contribution in [0.2, 0.25) is 0 Å². The van der Waals surface area contributed by atoms with E-state index in [1.54, 1.807) is 11.4 Å². The zero-order chi connectivity index (χ0) is 20.3. The van der Waals surface area contributed by atoms with Gasteiger partial charge in [-0.15, -0.1) is 11.3 Å². The molecule has 1 aliphatic rings. The van der Waals surface area contributed by atoms with Crippen molar-refractivity contribution >= 4 is 38.9 Å². The van der Waals surface area contributed by atoms with Gasteiger partial charge in [0.1, 0.15) is 4.88 Å². The van der Waals surface area contributed by atoms with Crippen LogP contribution in [0.1, 0.15) is 46.2 Å². The van der Waals surface area contributed by atoms with E-state index >= 15 is 0 Å². The molecule has 0 saturated carbocycles. The number of benzene rings is 1. The van der Waals surface area contributed by atoms with Gasteiger partial charge >= 0.3 is 5.97 Å². The molecule has 1 atom stereocenters. The number of sulfonamides is 1. The van der Waals surface area contributed by atoms with Crippen molar-refractivity contribution in [3.8, 4) is 0 Å². The van der Waals surface area contributed by atoms with Crippen molar-refractivity contribution in [3.05, 3.63) is 46.2 Å². The summed E-state index contributed by atoms with van der Waals surface area (Å²) in [6.07, 6.45) is 2.73. The maximum atomic E-state index is 12.9. The smallest absolute Gasteiger partial charge is 0.350 e. The van der Waals surface area contributed by atoms with Gasteiger partial charge in [-0.3, -0.25) is 4.79 Å². The van der Waals surface area contributed by atoms with Crippen LogP contribution in [0.4, 0.5) is 5.69 Å². The number of esters is 1. The lowest BCUT2D eigenvalue weighted by atomic mass is 10.1. The third-order valence-corrected chi connectivity index (χ3v) is 7.67. The minimum Gasteiger partial charge on any atom is -0.465 e. The van der Waals surface area contributed by atoms with Gasteiger partial charge in [0.25, 0.3) is 5.91 Å². The fourth-order valence-electron chi connectivity index (χ4n) is 3.20. The molecule has 3 rings (SSSR count). The maximum Gasteiger partial charge on any atom is 0.350 e. The van der Waals surface area contributed by atoms with Crippen molar-refractivity contribution in [3.63, 3.8) is 0 Å². The number of ether oxygens (including phenoxy) is 1. The molecule has 7 nitrogen and oxygen atoms in total. The highest BCUT2D eigenvalue weighted by atomic mass is 32.2. The third kappa shape index (κ3) is 4.11. The highest BCUT2D eigenvalue weighted by molar-refractivity contribution is 7.89. The van der Waals surface area contributed by atoms with Gasteiger partial charge < -0.3 is 10.1 Å². The molecule has 1 aromatic heterocycles. The van der Waals surface area contributed by atoms with Crippen molar-refractivity contribution < 1.29 is 22.7 Å². The quantitative estimate of drug-likeness (QED) is 0.746. The number of piperidine rings is 1. The first kappa shape index (κ1) is 20.5. The largest absolute Gasteiger partial charge is 0.465 e. The molecule has 2 heterocycles. The number of thiophene rings is 1. The Morgan fingerprint density at radius 1 is 1.18 bits per heavy atom. The number of nitrogens with one attached hydrogen (secondary N) is 1. The Balaban J connectivity index is 1.76. The summed E-state index contributed by atoms with van der Waals surface area (Å²) in [5.41, 5.74) is 0.661. The van der Waals surface area contributed by atoms with Crippen molar-refractivity contribution in [2.45, 2.75) is 37.1 Å². The number of anilines is 1. The summed E-state index contributed by atoms with van der Waals surface area (Å²) in [6, 6.07) is 7.42. The van der Waals surface area contributed by atoms with E-state index in [1.165, 1.54) is 47.0 Å². The summed E-state index contributed by atoms with van der Waals surface area (Å²) >= 11 is 1.17. The van der Waals surface area contributed by atoms with E-state index in [0.29, 0.717) is 22.7 Å². The fraction of sp³-hybridized carbons (Fsp3) is 0.368. The molecule has 28 heavy (non-hydrogen) atoms. The number of hydrogen-bond donors (Lipinski definition) is 1. The Bertz CT molecular complexity index is 966. The molecule has 0 radical (unpaired) electrons. The predicted molar refractivity (Wildman–Crippen MR) is 107 cm³/mol. The SMILES string of the molecule is COC(=O)c1sccc1NC(=O)c1ccc(S(=O)(=O)N2CCCCC2C)cc1. The Kier molecular flexibility index (Phi) is 6.17. The molecular formula is C19H22N2O5S2. The second-order valence-electron chi connectivity index (χ2n) is 6.59. The zero-order valence-corrected chi connectivity index (χ0v) is 17.3. The Morgan fingerprint density at radius 3 is 2.54 bits per heavy atom. The molecule has 1 unspecified atom stereocenters. The van der Waals surface area contributed by atoms with E-state index in [0.717, 1.165) is 19.3 Å². The second kappa shape index (κ2) is 8.42. The van der Waals surface area contributed by atoms with Gasteiger partial charge in [-0.2, -0.15) is 4.31 Å². The van der Waals surface area contributed by atoms with E-state index in [4.69, 9.17) is 4.74 Å². The number of rotatable bonds is 5. The first-order valence-electron chi connectivity index (χ1n) is 8.93. The highest BCUT2D eigenvalue weighted by Crippen LogP contribution is 2.26. The minimum atomic E-state index is -3.58. The van der Waals surface area contributed by atoms with Crippen LogP contribution in [0.15, 0.2) is 40.6 Å². The lowest BCUT2D eigenvalue weighted by Gasteiger charge is -2.32. The normalized spacial score (nSPS) is 17.9. The maximum absolute atomic E-state index is 12.9. The molecule has 0 spiro atoms. The van der Waals surface area contributed by atoms with Crippen molar-refractivity contribution in [1.29, 1.82) is 0 Å². The van der Waals surface area contributed by atoms with Crippen LogP contribution >= 0.6 is 11.3 Å². The summed E-state index contributed by atoms with van der Waals surface area (Å²) in [7, 11) is -2.31. The van der Waals surface area contributed by atoms with E-state index in [-0.39, 0.29) is 10.9 Å². The Labute approximate surface area is 168 Å². The number of hydrogen-bond acceptors (Lipinski definition) is 6. The lowest BCUT2D eigenvalue weighted by Crippen LogP contribution is -2.41. The van der Waals surface area contributed by atoms with Crippen LogP contribution in [0.25, 0.3) is 0 Å². The monoisotopic (exact) mass is 422 g/mol. The first-order valence-corrected chi connectivity index (χ1v) is 11.3.